The third-order valence-electron chi connectivity index (χ3n) is 3.66. The van der Waals surface area contributed by atoms with E-state index in [-0.39, 0.29) is 19.2 Å². The van der Waals surface area contributed by atoms with Crippen molar-refractivity contribution in [2.75, 3.05) is 18.7 Å². The molecule has 2 amide bonds. The van der Waals surface area contributed by atoms with Crippen LogP contribution in [0.15, 0.2) is 28.8 Å². The molecule has 0 radical (unpaired) electrons. The molecule has 3 rings (SSSR count). The van der Waals surface area contributed by atoms with Crippen molar-refractivity contribution in [2.24, 2.45) is 0 Å². The van der Waals surface area contributed by atoms with E-state index in [0.717, 1.165) is 0 Å². The number of anilines is 1. The van der Waals surface area contributed by atoms with Gasteiger partial charge < -0.3 is 24.4 Å². The number of fused-ring (bicyclic) bond motifs is 1. The minimum absolute atomic E-state index is 0.124. The van der Waals surface area contributed by atoms with Crippen LogP contribution in [-0.2, 0) is 15.2 Å². The summed E-state index contributed by atoms with van der Waals surface area (Å²) >= 11 is 0. The maximum absolute atomic E-state index is 11.9. The van der Waals surface area contributed by atoms with Gasteiger partial charge >= 0.3 is 11.8 Å². The van der Waals surface area contributed by atoms with E-state index >= 15 is 0 Å². The Bertz CT molecular complexity index is 814. The Morgan fingerprint density at radius 1 is 1.24 bits per heavy atom. The predicted octanol–water partition coefficient (Wildman–Crippen LogP) is 0.674. The molecule has 25 heavy (non-hydrogen) atoms. The molecule has 1 aromatic heterocycles. The second-order valence-corrected chi connectivity index (χ2v) is 5.80. The fraction of sp³-hybridized carbons (Fsp3) is 0.312. The van der Waals surface area contributed by atoms with Gasteiger partial charge in [0.1, 0.15) is 11.4 Å². The molecular weight excluding hydrogens is 330 g/mol. The number of nitrogens with zero attached hydrogens (tertiary/aromatic N) is 1. The lowest BCUT2D eigenvalue weighted by atomic mass is 9.95. The quantitative estimate of drug-likeness (QED) is 0.695. The van der Waals surface area contributed by atoms with Crippen molar-refractivity contribution in [1.29, 1.82) is 0 Å². The van der Waals surface area contributed by atoms with Gasteiger partial charge in [0.25, 0.3) is 0 Å². The van der Waals surface area contributed by atoms with Crippen molar-refractivity contribution in [3.05, 3.63) is 35.6 Å². The largest absolute Gasteiger partial charge is 0.454 e. The van der Waals surface area contributed by atoms with Gasteiger partial charge in [-0.05, 0) is 31.5 Å². The van der Waals surface area contributed by atoms with Crippen LogP contribution in [0.5, 0.6) is 11.5 Å². The standard InChI is InChI=1S/C16H17N3O6/c1-9-5-13(19-25-9)18-15(21)14(20)17-7-16(2,22)10-3-4-11-12(6-10)24-8-23-11/h3-6,22H,7-8H2,1-2H3,(H,17,20)(H,18,19,21)/t16-/m0/s1. The number of benzene rings is 1. The Balaban J connectivity index is 1.59. The number of aryl methyl sites for hydroxylation is 1. The van der Waals surface area contributed by atoms with Crippen molar-refractivity contribution < 1.29 is 28.7 Å². The molecule has 1 aliphatic rings. The average molecular weight is 347 g/mol. The minimum Gasteiger partial charge on any atom is -0.454 e. The number of aromatic nitrogens is 1. The van der Waals surface area contributed by atoms with Gasteiger partial charge in [-0.2, -0.15) is 0 Å². The highest BCUT2D eigenvalue weighted by molar-refractivity contribution is 6.39. The van der Waals surface area contributed by atoms with E-state index in [2.05, 4.69) is 15.8 Å². The Labute approximate surface area is 142 Å². The zero-order valence-corrected chi connectivity index (χ0v) is 13.7. The van der Waals surface area contributed by atoms with Crippen LogP contribution in [0.2, 0.25) is 0 Å². The molecule has 0 spiro atoms. The van der Waals surface area contributed by atoms with Crippen LogP contribution >= 0.6 is 0 Å². The second kappa shape index (κ2) is 6.44. The predicted molar refractivity (Wildman–Crippen MR) is 85.0 cm³/mol. The lowest BCUT2D eigenvalue weighted by Crippen LogP contribution is -2.43. The number of aliphatic hydroxyl groups is 1. The van der Waals surface area contributed by atoms with Crippen LogP contribution in [-0.4, -0.2) is 35.4 Å². The first kappa shape index (κ1) is 16.8. The van der Waals surface area contributed by atoms with Crippen LogP contribution in [0, 0.1) is 6.92 Å². The summed E-state index contributed by atoms with van der Waals surface area (Å²) in [7, 11) is 0. The molecule has 0 bridgehead atoms. The summed E-state index contributed by atoms with van der Waals surface area (Å²) in [4.78, 5) is 23.7. The lowest BCUT2D eigenvalue weighted by Gasteiger charge is -2.24. The van der Waals surface area contributed by atoms with E-state index in [1.54, 1.807) is 25.1 Å². The smallest absolute Gasteiger partial charge is 0.314 e. The van der Waals surface area contributed by atoms with Crippen molar-refractivity contribution >= 4 is 17.6 Å². The number of ether oxygens (including phenoxy) is 2. The number of carbonyl (C=O) groups excluding carboxylic acids is 2. The Kier molecular flexibility index (Phi) is 4.32. The normalized spacial score (nSPS) is 14.7. The highest BCUT2D eigenvalue weighted by atomic mass is 16.7. The molecule has 0 saturated carbocycles. The molecule has 0 aliphatic carbocycles. The summed E-state index contributed by atoms with van der Waals surface area (Å²) in [6, 6.07) is 6.45. The molecule has 0 fully saturated rings. The molecule has 9 nitrogen and oxygen atoms in total. The van der Waals surface area contributed by atoms with Crippen LogP contribution in [0.3, 0.4) is 0 Å². The third kappa shape index (κ3) is 3.72. The van der Waals surface area contributed by atoms with Crippen molar-refractivity contribution in [1.82, 2.24) is 10.5 Å². The van der Waals surface area contributed by atoms with Gasteiger partial charge in [0.2, 0.25) is 6.79 Å². The molecule has 0 saturated heterocycles. The number of carbonyl (C=O) groups is 2. The van der Waals surface area contributed by atoms with Gasteiger partial charge in [0.05, 0.1) is 6.54 Å². The number of amides is 2. The molecule has 3 N–H and O–H groups in total. The van der Waals surface area contributed by atoms with Crippen LogP contribution < -0.4 is 20.1 Å². The van der Waals surface area contributed by atoms with E-state index in [1.165, 1.54) is 13.0 Å². The van der Waals surface area contributed by atoms with Gasteiger partial charge in [-0.1, -0.05) is 11.2 Å². The molecule has 2 heterocycles. The van der Waals surface area contributed by atoms with Crippen LogP contribution in [0.4, 0.5) is 5.82 Å². The van der Waals surface area contributed by atoms with E-state index in [0.29, 0.717) is 22.8 Å². The van der Waals surface area contributed by atoms with E-state index < -0.39 is 17.4 Å². The fourth-order valence-corrected chi connectivity index (χ4v) is 2.26. The average Bonchev–Trinajstić information content (AvgIpc) is 3.20. The fourth-order valence-electron chi connectivity index (χ4n) is 2.26. The van der Waals surface area contributed by atoms with Crippen molar-refractivity contribution in [3.63, 3.8) is 0 Å². The van der Waals surface area contributed by atoms with E-state index in [9.17, 15) is 14.7 Å². The summed E-state index contributed by atoms with van der Waals surface area (Å²) in [5, 5.41) is 18.8. The van der Waals surface area contributed by atoms with E-state index in [4.69, 9.17) is 14.0 Å². The van der Waals surface area contributed by atoms with E-state index in [1.807, 2.05) is 0 Å². The van der Waals surface area contributed by atoms with Gasteiger partial charge in [-0.15, -0.1) is 0 Å². The molecule has 1 atom stereocenters. The maximum atomic E-state index is 11.9. The first-order chi connectivity index (χ1) is 11.8. The third-order valence-corrected chi connectivity index (χ3v) is 3.66. The summed E-state index contributed by atoms with van der Waals surface area (Å²) in [6.45, 7) is 3.13. The van der Waals surface area contributed by atoms with Gasteiger partial charge in [0, 0.05) is 6.07 Å². The molecule has 9 heteroatoms. The Morgan fingerprint density at radius 2 is 2.00 bits per heavy atom. The zero-order valence-electron chi connectivity index (χ0n) is 13.7. The minimum atomic E-state index is -1.40. The highest BCUT2D eigenvalue weighted by Gasteiger charge is 2.28. The first-order valence-corrected chi connectivity index (χ1v) is 7.50. The molecule has 1 aliphatic heterocycles. The zero-order chi connectivity index (χ0) is 18.0. The molecular formula is C16H17N3O6. The summed E-state index contributed by atoms with van der Waals surface area (Å²) in [6.07, 6.45) is 0. The first-order valence-electron chi connectivity index (χ1n) is 7.50. The van der Waals surface area contributed by atoms with Gasteiger partial charge in [-0.3, -0.25) is 14.9 Å². The molecule has 132 valence electrons. The van der Waals surface area contributed by atoms with Gasteiger partial charge in [-0.25, -0.2) is 0 Å². The maximum Gasteiger partial charge on any atom is 0.314 e. The lowest BCUT2D eigenvalue weighted by molar-refractivity contribution is -0.136. The highest BCUT2D eigenvalue weighted by Crippen LogP contribution is 2.35. The second-order valence-electron chi connectivity index (χ2n) is 5.80. The summed E-state index contributed by atoms with van der Waals surface area (Å²) < 4.78 is 15.3. The summed E-state index contributed by atoms with van der Waals surface area (Å²) in [5.74, 6) is -0.0628. The SMILES string of the molecule is Cc1cc(NC(=O)C(=O)NC[C@](C)(O)c2ccc3c(c2)OCO3)no1. The Hall–Kier alpha value is -3.07. The topological polar surface area (TPSA) is 123 Å². The number of hydrogen-bond donors (Lipinski definition) is 3. The number of hydrogen-bond acceptors (Lipinski definition) is 7. The number of rotatable bonds is 4. The monoisotopic (exact) mass is 347 g/mol. The Morgan fingerprint density at radius 3 is 2.72 bits per heavy atom. The van der Waals surface area contributed by atoms with Gasteiger partial charge in [0.15, 0.2) is 17.3 Å². The molecule has 1 aromatic carbocycles. The number of nitrogens with one attached hydrogen (secondary N) is 2. The summed E-state index contributed by atoms with van der Waals surface area (Å²) in [5.41, 5.74) is -0.883. The molecule has 0 unspecified atom stereocenters. The van der Waals surface area contributed by atoms with Crippen LogP contribution in [0.25, 0.3) is 0 Å². The van der Waals surface area contributed by atoms with Crippen molar-refractivity contribution in [3.8, 4) is 11.5 Å². The van der Waals surface area contributed by atoms with Crippen LogP contribution in [0.1, 0.15) is 18.2 Å². The molecule has 2 aromatic rings. The van der Waals surface area contributed by atoms with Crippen molar-refractivity contribution in [2.45, 2.75) is 19.4 Å².